The Hall–Kier alpha value is -2.61. The molecule has 2 aliphatic rings. The zero-order valence-corrected chi connectivity index (χ0v) is 18.5. The first-order chi connectivity index (χ1) is 14.8. The Labute approximate surface area is 183 Å². The number of ether oxygens (including phenoxy) is 1. The zero-order chi connectivity index (χ0) is 22.5. The molecule has 1 saturated heterocycles. The molecule has 1 heterocycles. The van der Waals surface area contributed by atoms with Crippen LogP contribution < -0.4 is 5.32 Å². The Balaban J connectivity index is 1.56. The molecular weight excluding hydrogens is 398 g/mol. The zero-order valence-electron chi connectivity index (χ0n) is 18.5. The van der Waals surface area contributed by atoms with Gasteiger partial charge in [-0.3, -0.25) is 9.59 Å². The van der Waals surface area contributed by atoms with Gasteiger partial charge in [0.05, 0.1) is 5.92 Å². The first-order valence-corrected chi connectivity index (χ1v) is 11.0. The smallest absolute Gasteiger partial charge is 0.408 e. The van der Waals surface area contributed by atoms with E-state index in [1.807, 2.05) is 37.4 Å². The number of amides is 2. The van der Waals surface area contributed by atoms with Gasteiger partial charge in [0.1, 0.15) is 12.6 Å². The highest BCUT2D eigenvalue weighted by Gasteiger charge is 2.45. The Morgan fingerprint density at radius 1 is 1.23 bits per heavy atom. The van der Waals surface area contributed by atoms with Crippen molar-refractivity contribution in [3.8, 4) is 0 Å². The number of carboxylic acids is 1. The molecule has 3 unspecified atom stereocenters. The molecule has 170 valence electrons. The number of aliphatic carboxylic acids is 1. The summed E-state index contributed by atoms with van der Waals surface area (Å²) < 4.78 is 5.22. The monoisotopic (exact) mass is 431 g/mol. The number of hydrogen-bond acceptors (Lipinski definition) is 5. The molecule has 3 rings (SSSR count). The summed E-state index contributed by atoms with van der Waals surface area (Å²) in [5.41, 5.74) is 0.865. The van der Waals surface area contributed by atoms with Crippen molar-refractivity contribution in [2.45, 2.75) is 70.3 Å². The number of carbonyl (C=O) groups excluding carboxylic acids is 2. The number of alkyl carbamates (subject to hydrolysis) is 1. The van der Waals surface area contributed by atoms with E-state index < -0.39 is 24.0 Å². The van der Waals surface area contributed by atoms with Crippen molar-refractivity contribution in [2.24, 2.45) is 5.92 Å². The summed E-state index contributed by atoms with van der Waals surface area (Å²) in [7, 11) is 2.02. The van der Waals surface area contributed by atoms with Gasteiger partial charge in [0, 0.05) is 24.7 Å². The summed E-state index contributed by atoms with van der Waals surface area (Å²) in [5, 5.41) is 12.5. The van der Waals surface area contributed by atoms with Crippen molar-refractivity contribution in [1.29, 1.82) is 0 Å². The van der Waals surface area contributed by atoms with Gasteiger partial charge in [0.15, 0.2) is 0 Å². The van der Waals surface area contributed by atoms with Crippen LogP contribution in [0.2, 0.25) is 0 Å². The van der Waals surface area contributed by atoms with E-state index in [1.54, 1.807) is 4.90 Å². The third-order valence-electron chi connectivity index (χ3n) is 6.64. The molecule has 0 radical (unpaired) electrons. The van der Waals surface area contributed by atoms with Crippen LogP contribution in [0.15, 0.2) is 30.3 Å². The summed E-state index contributed by atoms with van der Waals surface area (Å²) in [6.07, 6.45) is 1.84. The van der Waals surface area contributed by atoms with Gasteiger partial charge < -0.3 is 25.0 Å². The third-order valence-corrected chi connectivity index (χ3v) is 6.64. The molecule has 0 spiro atoms. The van der Waals surface area contributed by atoms with Crippen LogP contribution in [0.3, 0.4) is 0 Å². The molecule has 4 atom stereocenters. The van der Waals surface area contributed by atoms with E-state index in [-0.39, 0.29) is 24.6 Å². The fourth-order valence-electron chi connectivity index (χ4n) is 4.63. The summed E-state index contributed by atoms with van der Waals surface area (Å²) >= 11 is 0. The second kappa shape index (κ2) is 10.1. The molecule has 1 aromatic carbocycles. The predicted octanol–water partition coefficient (Wildman–Crippen LogP) is 2.48. The van der Waals surface area contributed by atoms with Crippen LogP contribution in [0.1, 0.15) is 45.1 Å². The van der Waals surface area contributed by atoms with Crippen molar-refractivity contribution in [2.75, 3.05) is 13.6 Å². The lowest BCUT2D eigenvalue weighted by molar-refractivity contribution is -0.149. The van der Waals surface area contributed by atoms with Gasteiger partial charge in [-0.1, -0.05) is 30.3 Å². The Morgan fingerprint density at radius 3 is 2.58 bits per heavy atom. The summed E-state index contributed by atoms with van der Waals surface area (Å²) in [4.78, 5) is 41.0. The van der Waals surface area contributed by atoms with Crippen LogP contribution in [0.25, 0.3) is 0 Å². The maximum Gasteiger partial charge on any atom is 0.408 e. The van der Waals surface area contributed by atoms with Crippen LogP contribution >= 0.6 is 0 Å². The number of carbonyl (C=O) groups is 3. The molecule has 2 amide bonds. The number of carboxylic acid groups (broad SMARTS) is 1. The number of hydrogen-bond donors (Lipinski definition) is 2. The van der Waals surface area contributed by atoms with Crippen LogP contribution in [0.4, 0.5) is 4.79 Å². The lowest BCUT2D eigenvalue weighted by atomic mass is 9.80. The SMILES string of the molecule is CC(C)N(C)C1CCC(N2CC[C@H](NC(=O)OCc3ccccc3)C2=O)C(C(=O)O)C1. The predicted molar refractivity (Wildman–Crippen MR) is 115 cm³/mol. The highest BCUT2D eigenvalue weighted by molar-refractivity contribution is 5.88. The minimum absolute atomic E-state index is 0.131. The molecule has 1 aliphatic carbocycles. The lowest BCUT2D eigenvalue weighted by Crippen LogP contribution is -2.53. The van der Waals surface area contributed by atoms with Gasteiger partial charge >= 0.3 is 12.1 Å². The summed E-state index contributed by atoms with van der Waals surface area (Å²) in [5.74, 6) is -1.69. The maximum absolute atomic E-state index is 13.0. The number of rotatable bonds is 7. The first kappa shape index (κ1) is 23.1. The molecule has 0 bridgehead atoms. The molecule has 0 aromatic heterocycles. The molecule has 8 heteroatoms. The largest absolute Gasteiger partial charge is 0.481 e. The fraction of sp³-hybridized carbons (Fsp3) is 0.609. The topological polar surface area (TPSA) is 99.2 Å². The molecule has 2 N–H and O–H groups in total. The van der Waals surface area contributed by atoms with Crippen LogP contribution in [0, 0.1) is 5.92 Å². The fourth-order valence-corrected chi connectivity index (χ4v) is 4.63. The Morgan fingerprint density at radius 2 is 1.94 bits per heavy atom. The minimum atomic E-state index is -0.863. The van der Waals surface area contributed by atoms with E-state index in [2.05, 4.69) is 24.1 Å². The molecule has 1 aromatic rings. The van der Waals surface area contributed by atoms with E-state index >= 15 is 0 Å². The second-order valence-electron chi connectivity index (χ2n) is 8.82. The average molecular weight is 432 g/mol. The maximum atomic E-state index is 13.0. The van der Waals surface area contributed by atoms with Crippen molar-refractivity contribution < 1.29 is 24.2 Å². The molecule has 31 heavy (non-hydrogen) atoms. The molecule has 2 fully saturated rings. The van der Waals surface area contributed by atoms with Crippen molar-refractivity contribution in [3.05, 3.63) is 35.9 Å². The highest BCUT2D eigenvalue weighted by Crippen LogP contribution is 2.34. The van der Waals surface area contributed by atoms with Gasteiger partial charge in [0.2, 0.25) is 5.91 Å². The number of nitrogens with zero attached hydrogens (tertiary/aromatic N) is 2. The van der Waals surface area contributed by atoms with Gasteiger partial charge in [-0.15, -0.1) is 0 Å². The van der Waals surface area contributed by atoms with E-state index in [4.69, 9.17) is 4.74 Å². The molecule has 1 saturated carbocycles. The van der Waals surface area contributed by atoms with E-state index in [0.717, 1.165) is 12.0 Å². The van der Waals surface area contributed by atoms with Crippen LogP contribution in [-0.2, 0) is 20.9 Å². The highest BCUT2D eigenvalue weighted by atomic mass is 16.5. The average Bonchev–Trinajstić information content (AvgIpc) is 3.11. The number of benzene rings is 1. The third kappa shape index (κ3) is 5.55. The van der Waals surface area contributed by atoms with Crippen molar-refractivity contribution >= 4 is 18.0 Å². The second-order valence-corrected chi connectivity index (χ2v) is 8.82. The number of likely N-dealkylation sites (tertiary alicyclic amines) is 1. The minimum Gasteiger partial charge on any atom is -0.481 e. The van der Waals surface area contributed by atoms with Crippen molar-refractivity contribution in [1.82, 2.24) is 15.1 Å². The molecular formula is C23H33N3O5. The van der Waals surface area contributed by atoms with Crippen LogP contribution in [-0.4, -0.2) is 70.6 Å². The standard InChI is InChI=1S/C23H33N3O5/c1-15(2)25(3)17-9-10-20(18(13-17)22(28)29)26-12-11-19(21(26)27)24-23(30)31-14-16-7-5-4-6-8-16/h4-8,15,17-20H,9-14H2,1-3H3,(H,24,30)(H,28,29)/t17?,18?,19-,20?/m0/s1. The molecule has 8 nitrogen and oxygen atoms in total. The Bertz CT molecular complexity index is 785. The van der Waals surface area contributed by atoms with E-state index in [0.29, 0.717) is 31.8 Å². The number of nitrogens with one attached hydrogen (secondary N) is 1. The van der Waals surface area contributed by atoms with Crippen LogP contribution in [0.5, 0.6) is 0 Å². The summed E-state index contributed by atoms with van der Waals surface area (Å²) in [6, 6.07) is 8.83. The van der Waals surface area contributed by atoms with Gasteiger partial charge in [0.25, 0.3) is 0 Å². The Kier molecular flexibility index (Phi) is 7.54. The van der Waals surface area contributed by atoms with E-state index in [1.165, 1.54) is 0 Å². The summed E-state index contributed by atoms with van der Waals surface area (Å²) in [6.45, 7) is 4.77. The van der Waals surface area contributed by atoms with Gasteiger partial charge in [-0.2, -0.15) is 0 Å². The normalized spacial score (nSPS) is 26.4. The molecule has 1 aliphatic heterocycles. The lowest BCUT2D eigenvalue weighted by Gasteiger charge is -2.43. The first-order valence-electron chi connectivity index (χ1n) is 11.0. The quantitative estimate of drug-likeness (QED) is 0.688. The van der Waals surface area contributed by atoms with Gasteiger partial charge in [-0.25, -0.2) is 4.79 Å². The van der Waals surface area contributed by atoms with E-state index in [9.17, 15) is 19.5 Å². The van der Waals surface area contributed by atoms with Gasteiger partial charge in [-0.05, 0) is 52.1 Å². The van der Waals surface area contributed by atoms with Crippen molar-refractivity contribution in [3.63, 3.8) is 0 Å².